The summed E-state index contributed by atoms with van der Waals surface area (Å²) < 4.78 is 14.9. The van der Waals surface area contributed by atoms with Gasteiger partial charge in [-0.1, -0.05) is 19.1 Å². The van der Waals surface area contributed by atoms with E-state index in [2.05, 4.69) is 11.1 Å². The van der Waals surface area contributed by atoms with Gasteiger partial charge in [-0.25, -0.2) is 0 Å². The molecule has 0 aromatic heterocycles. The van der Waals surface area contributed by atoms with Crippen molar-refractivity contribution >= 4 is 8.25 Å². The lowest BCUT2D eigenvalue weighted by Gasteiger charge is -2.13. The predicted octanol–water partition coefficient (Wildman–Crippen LogP) is 2.25. The minimum atomic E-state index is -2.49. The van der Waals surface area contributed by atoms with Crippen LogP contribution in [0.15, 0.2) is 12.2 Å². The average Bonchev–Trinajstić information content (AvgIpc) is 1.84. The summed E-state index contributed by atoms with van der Waals surface area (Å²) in [5.41, 5.74) is 0.953. The van der Waals surface area contributed by atoms with Gasteiger partial charge in [-0.15, -0.1) is 9.42 Å². The third kappa shape index (κ3) is 4.25. The molecule has 64 valence electrons. The molecule has 4 heteroatoms. The highest BCUT2D eigenvalue weighted by atomic mass is 31.1. The Morgan fingerprint density at radius 2 is 2.09 bits per heavy atom. The first-order valence-electron chi connectivity index (χ1n) is 3.43. The van der Waals surface area contributed by atoms with E-state index in [1.54, 1.807) is 6.92 Å². The van der Waals surface area contributed by atoms with E-state index in [9.17, 15) is 4.57 Å². The van der Waals surface area contributed by atoms with E-state index in [0.29, 0.717) is 0 Å². The second kappa shape index (κ2) is 4.60. The molecule has 0 aromatic carbocycles. The van der Waals surface area contributed by atoms with Crippen LogP contribution in [0.1, 0.15) is 20.8 Å². The standard InChI is InChI=1S/C7H13O3P/c1-5(2)6(3)7(4)10-11(8)9/h6-7H,1H2,2-4H3/p+1. The smallest absolute Gasteiger partial charge is 0.133 e. The van der Waals surface area contributed by atoms with Crippen molar-refractivity contribution in [2.45, 2.75) is 26.9 Å². The maximum Gasteiger partial charge on any atom is 0.695 e. The van der Waals surface area contributed by atoms with Crippen LogP contribution in [0.25, 0.3) is 0 Å². The molecular weight excluding hydrogens is 163 g/mol. The molecule has 3 atom stereocenters. The first kappa shape index (κ1) is 10.8. The maximum absolute atomic E-state index is 10.2. The monoisotopic (exact) mass is 177 g/mol. The second-order valence-corrected chi connectivity index (χ2v) is 3.37. The van der Waals surface area contributed by atoms with Crippen molar-refractivity contribution in [3.05, 3.63) is 12.2 Å². The van der Waals surface area contributed by atoms with Gasteiger partial charge in [-0.3, -0.25) is 0 Å². The highest BCUT2D eigenvalue weighted by Crippen LogP contribution is 2.24. The Morgan fingerprint density at radius 3 is 2.36 bits per heavy atom. The van der Waals surface area contributed by atoms with Crippen LogP contribution in [0.4, 0.5) is 0 Å². The molecule has 0 aliphatic rings. The van der Waals surface area contributed by atoms with Gasteiger partial charge in [0, 0.05) is 10.5 Å². The molecule has 0 fully saturated rings. The number of rotatable bonds is 4. The Hall–Kier alpha value is -0.240. The van der Waals surface area contributed by atoms with Crippen molar-refractivity contribution in [3.63, 3.8) is 0 Å². The van der Waals surface area contributed by atoms with Crippen LogP contribution in [0, 0.1) is 5.92 Å². The Morgan fingerprint density at radius 1 is 1.64 bits per heavy atom. The summed E-state index contributed by atoms with van der Waals surface area (Å²) in [4.78, 5) is 8.41. The molecule has 0 saturated heterocycles. The fourth-order valence-corrected chi connectivity index (χ4v) is 1.10. The van der Waals surface area contributed by atoms with Gasteiger partial charge in [0.05, 0.1) is 0 Å². The lowest BCUT2D eigenvalue weighted by Crippen LogP contribution is -2.15. The van der Waals surface area contributed by atoms with Crippen molar-refractivity contribution in [2.75, 3.05) is 0 Å². The summed E-state index contributed by atoms with van der Waals surface area (Å²) in [7, 11) is -2.49. The SMILES string of the molecule is C=C(C)C(C)C(C)O[P+](=O)O. The molecule has 0 spiro atoms. The summed E-state index contributed by atoms with van der Waals surface area (Å²) in [6.07, 6.45) is -0.249. The van der Waals surface area contributed by atoms with Crippen LogP contribution >= 0.6 is 8.25 Å². The predicted molar refractivity (Wildman–Crippen MR) is 44.4 cm³/mol. The van der Waals surface area contributed by atoms with Crippen LogP contribution in [0.3, 0.4) is 0 Å². The molecule has 11 heavy (non-hydrogen) atoms. The first-order chi connectivity index (χ1) is 4.95. The quantitative estimate of drug-likeness (QED) is 0.529. The van der Waals surface area contributed by atoms with Crippen LogP contribution in [0.2, 0.25) is 0 Å². The minimum absolute atomic E-state index is 0.112. The number of hydrogen-bond donors (Lipinski definition) is 1. The molecule has 0 radical (unpaired) electrons. The fourth-order valence-electron chi connectivity index (χ4n) is 0.634. The average molecular weight is 177 g/mol. The zero-order chi connectivity index (χ0) is 9.02. The third-order valence-corrected chi connectivity index (χ3v) is 2.25. The lowest BCUT2D eigenvalue weighted by atomic mass is 9.99. The van der Waals surface area contributed by atoms with Crippen LogP contribution in [-0.4, -0.2) is 11.0 Å². The largest absolute Gasteiger partial charge is 0.695 e. The fraction of sp³-hybridized carbons (Fsp3) is 0.714. The van der Waals surface area contributed by atoms with Crippen molar-refractivity contribution in [1.29, 1.82) is 0 Å². The van der Waals surface area contributed by atoms with Gasteiger partial charge in [-0.2, -0.15) is 0 Å². The highest BCUT2D eigenvalue weighted by molar-refractivity contribution is 7.32. The normalized spacial score (nSPS) is 17.3. The molecule has 0 rings (SSSR count). The van der Waals surface area contributed by atoms with Gasteiger partial charge in [-0.05, 0) is 13.8 Å². The Balaban J connectivity index is 3.92. The summed E-state index contributed by atoms with van der Waals surface area (Å²) in [6.45, 7) is 9.26. The topological polar surface area (TPSA) is 46.5 Å². The van der Waals surface area contributed by atoms with E-state index in [4.69, 9.17) is 4.89 Å². The van der Waals surface area contributed by atoms with E-state index in [-0.39, 0.29) is 12.0 Å². The molecule has 0 saturated carbocycles. The van der Waals surface area contributed by atoms with E-state index in [1.165, 1.54) is 0 Å². The molecule has 0 aliphatic heterocycles. The van der Waals surface area contributed by atoms with Crippen LogP contribution in [0.5, 0.6) is 0 Å². The van der Waals surface area contributed by atoms with E-state index >= 15 is 0 Å². The van der Waals surface area contributed by atoms with Crippen molar-refractivity contribution in [1.82, 2.24) is 0 Å². The van der Waals surface area contributed by atoms with Gasteiger partial charge in [0.1, 0.15) is 6.10 Å². The zero-order valence-electron chi connectivity index (χ0n) is 7.07. The molecule has 0 bridgehead atoms. The Labute approximate surface area is 68.0 Å². The number of hydrogen-bond acceptors (Lipinski definition) is 2. The molecule has 3 nitrogen and oxygen atoms in total. The van der Waals surface area contributed by atoms with Gasteiger partial charge in [0.15, 0.2) is 0 Å². The summed E-state index contributed by atoms with van der Waals surface area (Å²) in [6, 6.07) is 0. The van der Waals surface area contributed by atoms with Gasteiger partial charge in [0.2, 0.25) is 0 Å². The third-order valence-electron chi connectivity index (χ3n) is 1.74. The summed E-state index contributed by atoms with van der Waals surface area (Å²) >= 11 is 0. The molecule has 0 aliphatic carbocycles. The van der Waals surface area contributed by atoms with E-state index < -0.39 is 8.25 Å². The molecule has 1 N–H and O–H groups in total. The molecule has 0 heterocycles. The van der Waals surface area contributed by atoms with Gasteiger partial charge in [0.25, 0.3) is 0 Å². The van der Waals surface area contributed by atoms with Gasteiger partial charge >= 0.3 is 8.25 Å². The molecule has 0 amide bonds. The van der Waals surface area contributed by atoms with E-state index in [1.807, 2.05) is 13.8 Å². The maximum atomic E-state index is 10.2. The molecular formula is C7H14O3P+. The van der Waals surface area contributed by atoms with Crippen molar-refractivity contribution < 1.29 is 14.0 Å². The second-order valence-electron chi connectivity index (χ2n) is 2.68. The summed E-state index contributed by atoms with van der Waals surface area (Å²) in [5.74, 6) is 0.112. The van der Waals surface area contributed by atoms with E-state index in [0.717, 1.165) is 5.57 Å². The molecule has 0 aromatic rings. The summed E-state index contributed by atoms with van der Waals surface area (Å²) in [5, 5.41) is 0. The van der Waals surface area contributed by atoms with Crippen LogP contribution in [-0.2, 0) is 9.09 Å². The van der Waals surface area contributed by atoms with Crippen LogP contribution < -0.4 is 0 Å². The Bertz CT molecular complexity index is 167. The zero-order valence-corrected chi connectivity index (χ0v) is 7.97. The molecule has 3 unspecified atom stereocenters. The van der Waals surface area contributed by atoms with Crippen molar-refractivity contribution in [2.24, 2.45) is 5.92 Å². The highest BCUT2D eigenvalue weighted by Gasteiger charge is 2.24. The Kier molecular flexibility index (Phi) is 4.50. The van der Waals surface area contributed by atoms with Gasteiger partial charge < -0.3 is 0 Å². The lowest BCUT2D eigenvalue weighted by molar-refractivity contribution is 0.168. The minimum Gasteiger partial charge on any atom is -0.133 e. The van der Waals surface area contributed by atoms with Crippen molar-refractivity contribution in [3.8, 4) is 0 Å². The first-order valence-corrected chi connectivity index (χ1v) is 4.56.